The number of nitrogens with one attached hydrogen (secondary N) is 1. The topological polar surface area (TPSA) is 38.3 Å². The van der Waals surface area contributed by atoms with E-state index < -0.39 is 6.09 Å². The minimum Gasteiger partial charge on any atom is -0.453 e. The van der Waals surface area contributed by atoms with Crippen LogP contribution < -0.4 is 5.32 Å². The van der Waals surface area contributed by atoms with Crippen LogP contribution in [0, 0.1) is 0 Å². The zero-order valence-corrected chi connectivity index (χ0v) is 14.2. The molecule has 0 saturated carbocycles. The second kappa shape index (κ2) is 6.81. The van der Waals surface area contributed by atoms with Crippen molar-refractivity contribution in [3.63, 3.8) is 0 Å². The van der Waals surface area contributed by atoms with E-state index in [9.17, 15) is 4.79 Å². The summed E-state index contributed by atoms with van der Waals surface area (Å²) in [5, 5.41) is 4.04. The molecule has 0 bridgehead atoms. The Morgan fingerprint density at radius 2 is 1.83 bits per heavy atom. The third kappa shape index (κ3) is 3.31. The molecule has 0 radical (unpaired) electrons. The standard InChI is InChI=1S/C18H17Cl2NO2/c1-23-18(22)21-17-9-7-12(13-4-2-3-5-14(13)17)11-6-8-15(19)16(20)10-11/h2-6,8,10,12,17H,7,9H2,1H3,(H,21,22). The summed E-state index contributed by atoms with van der Waals surface area (Å²) in [6.45, 7) is 0. The molecule has 1 aliphatic carbocycles. The smallest absolute Gasteiger partial charge is 0.407 e. The number of ether oxygens (including phenoxy) is 1. The van der Waals surface area contributed by atoms with Crippen LogP contribution in [-0.2, 0) is 4.74 Å². The van der Waals surface area contributed by atoms with Gasteiger partial charge in [-0.25, -0.2) is 4.79 Å². The van der Waals surface area contributed by atoms with Crippen LogP contribution in [0.25, 0.3) is 0 Å². The van der Waals surface area contributed by atoms with Crippen molar-refractivity contribution in [1.29, 1.82) is 0 Å². The fraction of sp³-hybridized carbons (Fsp3) is 0.278. The summed E-state index contributed by atoms with van der Waals surface area (Å²) in [6.07, 6.45) is 1.36. The van der Waals surface area contributed by atoms with Crippen molar-refractivity contribution in [2.75, 3.05) is 7.11 Å². The minimum atomic E-state index is -0.405. The number of hydrogen-bond acceptors (Lipinski definition) is 2. The van der Waals surface area contributed by atoms with Crippen LogP contribution in [0.4, 0.5) is 4.79 Å². The van der Waals surface area contributed by atoms with Gasteiger partial charge in [0.25, 0.3) is 0 Å². The van der Waals surface area contributed by atoms with E-state index in [1.54, 1.807) is 0 Å². The summed E-state index contributed by atoms with van der Waals surface area (Å²) >= 11 is 12.2. The molecule has 1 amide bonds. The lowest BCUT2D eigenvalue weighted by Gasteiger charge is -2.32. The molecule has 0 spiro atoms. The van der Waals surface area contributed by atoms with Gasteiger partial charge < -0.3 is 10.1 Å². The van der Waals surface area contributed by atoms with Crippen LogP contribution >= 0.6 is 23.2 Å². The molecular weight excluding hydrogens is 333 g/mol. The summed E-state index contributed by atoms with van der Waals surface area (Å²) in [5.41, 5.74) is 3.47. The van der Waals surface area contributed by atoms with Crippen LogP contribution in [0.1, 0.15) is 41.5 Å². The van der Waals surface area contributed by atoms with Gasteiger partial charge in [-0.2, -0.15) is 0 Å². The molecule has 2 aromatic carbocycles. The van der Waals surface area contributed by atoms with Gasteiger partial charge in [-0.1, -0.05) is 53.5 Å². The summed E-state index contributed by atoms with van der Waals surface area (Å²) in [7, 11) is 1.38. The van der Waals surface area contributed by atoms with E-state index in [1.807, 2.05) is 30.3 Å². The second-order valence-corrected chi connectivity index (χ2v) is 6.44. The number of methoxy groups -OCH3 is 1. The Balaban J connectivity index is 1.96. The Morgan fingerprint density at radius 1 is 1.09 bits per heavy atom. The van der Waals surface area contributed by atoms with Crippen LogP contribution in [-0.4, -0.2) is 13.2 Å². The zero-order chi connectivity index (χ0) is 16.4. The van der Waals surface area contributed by atoms with Crippen molar-refractivity contribution in [2.45, 2.75) is 24.8 Å². The third-order valence-corrected chi connectivity index (χ3v) is 5.05. The number of alkyl carbamates (subject to hydrolysis) is 1. The number of fused-ring (bicyclic) bond motifs is 1. The van der Waals surface area contributed by atoms with Gasteiger partial charge in [-0.3, -0.25) is 0 Å². The number of carbonyl (C=O) groups is 1. The fourth-order valence-corrected chi connectivity index (χ4v) is 3.52. The van der Waals surface area contributed by atoms with Crippen molar-refractivity contribution in [3.05, 3.63) is 69.2 Å². The molecule has 23 heavy (non-hydrogen) atoms. The highest BCUT2D eigenvalue weighted by molar-refractivity contribution is 6.42. The SMILES string of the molecule is COC(=O)NC1CCC(c2ccc(Cl)c(Cl)c2)c2ccccc21. The Morgan fingerprint density at radius 3 is 2.52 bits per heavy atom. The quantitative estimate of drug-likeness (QED) is 0.796. The van der Waals surface area contributed by atoms with E-state index in [0.717, 1.165) is 24.0 Å². The van der Waals surface area contributed by atoms with E-state index in [4.69, 9.17) is 27.9 Å². The Kier molecular flexibility index (Phi) is 4.79. The highest BCUT2D eigenvalue weighted by Gasteiger charge is 2.29. The first-order valence-electron chi connectivity index (χ1n) is 7.48. The largest absolute Gasteiger partial charge is 0.453 e. The normalized spacial score (nSPS) is 19.8. The number of hydrogen-bond donors (Lipinski definition) is 1. The summed E-state index contributed by atoms with van der Waals surface area (Å²) in [4.78, 5) is 11.6. The lowest BCUT2D eigenvalue weighted by atomic mass is 9.77. The van der Waals surface area contributed by atoms with Gasteiger partial charge in [0.2, 0.25) is 0 Å². The molecule has 5 heteroatoms. The lowest BCUT2D eigenvalue weighted by Crippen LogP contribution is -2.31. The molecule has 2 aromatic rings. The molecule has 0 aromatic heterocycles. The fourth-order valence-electron chi connectivity index (χ4n) is 3.22. The van der Waals surface area contributed by atoms with Crippen molar-refractivity contribution < 1.29 is 9.53 Å². The number of amides is 1. The van der Waals surface area contributed by atoms with Crippen LogP contribution in [0.3, 0.4) is 0 Å². The highest BCUT2D eigenvalue weighted by Crippen LogP contribution is 2.42. The van der Waals surface area contributed by atoms with Crippen molar-refractivity contribution in [1.82, 2.24) is 5.32 Å². The number of rotatable bonds is 2. The van der Waals surface area contributed by atoms with E-state index >= 15 is 0 Å². The van der Waals surface area contributed by atoms with E-state index in [1.165, 1.54) is 12.7 Å². The molecular formula is C18H17Cl2NO2. The molecule has 2 unspecified atom stereocenters. The van der Waals surface area contributed by atoms with Crippen molar-refractivity contribution in [3.8, 4) is 0 Å². The van der Waals surface area contributed by atoms with Crippen molar-refractivity contribution >= 4 is 29.3 Å². The van der Waals surface area contributed by atoms with Gasteiger partial charge in [-0.05, 0) is 41.7 Å². The van der Waals surface area contributed by atoms with Gasteiger partial charge in [0, 0.05) is 5.92 Å². The summed E-state index contributed by atoms with van der Waals surface area (Å²) < 4.78 is 4.73. The van der Waals surface area contributed by atoms with E-state index in [0.29, 0.717) is 10.0 Å². The average molecular weight is 350 g/mol. The number of benzene rings is 2. The molecule has 2 atom stereocenters. The average Bonchev–Trinajstić information content (AvgIpc) is 2.57. The van der Waals surface area contributed by atoms with Crippen LogP contribution in [0.2, 0.25) is 10.0 Å². The summed E-state index contributed by atoms with van der Waals surface area (Å²) in [6, 6.07) is 13.9. The number of halogens is 2. The van der Waals surface area contributed by atoms with Gasteiger partial charge in [-0.15, -0.1) is 0 Å². The van der Waals surface area contributed by atoms with Gasteiger partial charge in [0.1, 0.15) is 0 Å². The Hall–Kier alpha value is -1.71. The molecule has 3 rings (SSSR count). The molecule has 0 fully saturated rings. The predicted octanol–water partition coefficient (Wildman–Crippen LogP) is 5.32. The maximum absolute atomic E-state index is 11.6. The molecule has 1 aliphatic rings. The molecule has 120 valence electrons. The molecule has 0 heterocycles. The molecule has 0 saturated heterocycles. The van der Waals surface area contributed by atoms with E-state index in [2.05, 4.69) is 17.4 Å². The van der Waals surface area contributed by atoms with Gasteiger partial charge in [0.05, 0.1) is 23.2 Å². The van der Waals surface area contributed by atoms with Gasteiger partial charge in [0.15, 0.2) is 0 Å². The van der Waals surface area contributed by atoms with E-state index in [-0.39, 0.29) is 12.0 Å². The zero-order valence-electron chi connectivity index (χ0n) is 12.7. The van der Waals surface area contributed by atoms with Crippen LogP contribution in [0.5, 0.6) is 0 Å². The van der Waals surface area contributed by atoms with Gasteiger partial charge >= 0.3 is 6.09 Å². The predicted molar refractivity (Wildman–Crippen MR) is 92.3 cm³/mol. The molecule has 0 aliphatic heterocycles. The maximum atomic E-state index is 11.6. The maximum Gasteiger partial charge on any atom is 0.407 e. The monoisotopic (exact) mass is 349 g/mol. The summed E-state index contributed by atoms with van der Waals surface area (Å²) in [5.74, 6) is 0.247. The van der Waals surface area contributed by atoms with Crippen LogP contribution in [0.15, 0.2) is 42.5 Å². The first kappa shape index (κ1) is 16.2. The lowest BCUT2D eigenvalue weighted by molar-refractivity contribution is 0.165. The first-order chi connectivity index (χ1) is 11.1. The second-order valence-electron chi connectivity index (χ2n) is 5.62. The van der Waals surface area contributed by atoms with Crippen molar-refractivity contribution in [2.24, 2.45) is 0 Å². The highest BCUT2D eigenvalue weighted by atomic mass is 35.5. The first-order valence-corrected chi connectivity index (χ1v) is 8.24. The Bertz CT molecular complexity index is 733. The third-order valence-electron chi connectivity index (χ3n) is 4.31. The minimum absolute atomic E-state index is 0.0299. The molecule has 1 N–H and O–H groups in total. The Labute approximate surface area is 145 Å². The number of carbonyl (C=O) groups excluding carboxylic acids is 1. The molecule has 3 nitrogen and oxygen atoms in total.